The molecule has 2 heterocycles. The van der Waals surface area contributed by atoms with Crippen molar-refractivity contribution in [2.75, 3.05) is 5.32 Å². The number of halogens is 1. The SMILES string of the molecule is Clc1ccc(CNc2nnns2)s1. The molecule has 0 unspecified atom stereocenters. The highest BCUT2D eigenvalue weighted by Crippen LogP contribution is 2.22. The standard InChI is InChI=1S/C6H5ClN4S2/c7-5-2-1-4(12-5)3-8-6-9-10-11-13-6/h1-2H,3H2,(H,8,9,11). The van der Waals surface area contributed by atoms with Crippen LogP contribution in [-0.4, -0.2) is 14.8 Å². The Morgan fingerprint density at radius 2 is 2.38 bits per heavy atom. The molecule has 0 fully saturated rings. The predicted molar refractivity (Wildman–Crippen MR) is 54.4 cm³/mol. The molecular formula is C6H5ClN4S2. The number of anilines is 1. The van der Waals surface area contributed by atoms with Crippen molar-refractivity contribution in [1.82, 2.24) is 14.8 Å². The first-order chi connectivity index (χ1) is 6.34. The van der Waals surface area contributed by atoms with E-state index in [0.29, 0.717) is 6.54 Å². The fourth-order valence-electron chi connectivity index (χ4n) is 0.811. The summed E-state index contributed by atoms with van der Waals surface area (Å²) in [4.78, 5) is 1.17. The Hall–Kier alpha value is -0.720. The van der Waals surface area contributed by atoms with E-state index in [-0.39, 0.29) is 0 Å². The zero-order valence-electron chi connectivity index (χ0n) is 6.40. The van der Waals surface area contributed by atoms with E-state index >= 15 is 0 Å². The molecule has 13 heavy (non-hydrogen) atoms. The first-order valence-corrected chi connectivity index (χ1v) is 5.44. The van der Waals surface area contributed by atoms with Gasteiger partial charge in [-0.1, -0.05) is 21.2 Å². The molecule has 68 valence electrons. The zero-order valence-corrected chi connectivity index (χ0v) is 8.79. The maximum Gasteiger partial charge on any atom is 0.225 e. The molecule has 0 atom stereocenters. The lowest BCUT2D eigenvalue weighted by Gasteiger charge is -1.96. The highest BCUT2D eigenvalue weighted by molar-refractivity contribution is 7.16. The van der Waals surface area contributed by atoms with E-state index in [2.05, 4.69) is 20.1 Å². The van der Waals surface area contributed by atoms with Gasteiger partial charge in [-0.15, -0.1) is 11.3 Å². The number of thiophene rings is 1. The Kier molecular flexibility index (Phi) is 2.72. The molecule has 2 rings (SSSR count). The lowest BCUT2D eigenvalue weighted by Crippen LogP contribution is -1.96. The van der Waals surface area contributed by atoms with Crippen molar-refractivity contribution in [3.8, 4) is 0 Å². The van der Waals surface area contributed by atoms with Crippen LogP contribution in [0.25, 0.3) is 0 Å². The third-order valence-corrected chi connectivity index (χ3v) is 3.13. The Bertz CT molecular complexity index is 372. The van der Waals surface area contributed by atoms with Crippen molar-refractivity contribution in [2.45, 2.75) is 6.54 Å². The molecule has 4 nitrogen and oxygen atoms in total. The number of nitrogens with zero attached hydrogens (tertiary/aromatic N) is 3. The highest BCUT2D eigenvalue weighted by atomic mass is 35.5. The van der Waals surface area contributed by atoms with Crippen molar-refractivity contribution in [2.24, 2.45) is 0 Å². The lowest BCUT2D eigenvalue weighted by atomic mass is 10.5. The molecule has 0 radical (unpaired) electrons. The van der Waals surface area contributed by atoms with Gasteiger partial charge in [-0.25, -0.2) is 0 Å². The molecular weight excluding hydrogens is 228 g/mol. The van der Waals surface area contributed by atoms with E-state index in [0.717, 1.165) is 9.47 Å². The minimum atomic E-state index is 0.717. The van der Waals surface area contributed by atoms with Gasteiger partial charge in [-0.2, -0.15) is 0 Å². The van der Waals surface area contributed by atoms with Gasteiger partial charge in [0.2, 0.25) is 5.13 Å². The smallest absolute Gasteiger partial charge is 0.225 e. The fraction of sp³-hybridized carbons (Fsp3) is 0.167. The summed E-state index contributed by atoms with van der Waals surface area (Å²) in [6.07, 6.45) is 0. The van der Waals surface area contributed by atoms with Crippen LogP contribution in [0.4, 0.5) is 5.13 Å². The Balaban J connectivity index is 1.93. The van der Waals surface area contributed by atoms with Crippen molar-refractivity contribution >= 4 is 39.6 Å². The monoisotopic (exact) mass is 232 g/mol. The van der Waals surface area contributed by atoms with Crippen LogP contribution in [0.1, 0.15) is 4.88 Å². The van der Waals surface area contributed by atoms with Crippen LogP contribution in [-0.2, 0) is 6.54 Å². The molecule has 2 aromatic rings. The Labute approximate surface area is 87.7 Å². The minimum Gasteiger partial charge on any atom is -0.354 e. The molecule has 0 bridgehead atoms. The van der Waals surface area contributed by atoms with Gasteiger partial charge < -0.3 is 5.32 Å². The topological polar surface area (TPSA) is 50.7 Å². The normalized spacial score (nSPS) is 10.2. The van der Waals surface area contributed by atoms with Gasteiger partial charge >= 0.3 is 0 Å². The lowest BCUT2D eigenvalue weighted by molar-refractivity contribution is 0.952. The van der Waals surface area contributed by atoms with Crippen LogP contribution >= 0.6 is 34.5 Å². The second-order valence-corrected chi connectivity index (χ2v) is 4.76. The zero-order chi connectivity index (χ0) is 9.10. The number of aromatic nitrogens is 3. The maximum atomic E-state index is 5.77. The van der Waals surface area contributed by atoms with Gasteiger partial charge in [0.05, 0.1) is 10.9 Å². The maximum absolute atomic E-state index is 5.77. The fourth-order valence-corrected chi connectivity index (χ4v) is 2.20. The average molecular weight is 233 g/mol. The van der Waals surface area contributed by atoms with Gasteiger partial charge in [0, 0.05) is 16.4 Å². The third kappa shape index (κ3) is 2.36. The molecule has 0 aromatic carbocycles. The van der Waals surface area contributed by atoms with Gasteiger partial charge in [0.1, 0.15) is 0 Å². The van der Waals surface area contributed by atoms with Gasteiger partial charge in [-0.3, -0.25) is 0 Å². The molecule has 2 aromatic heterocycles. The minimum absolute atomic E-state index is 0.717. The summed E-state index contributed by atoms with van der Waals surface area (Å²) in [5.41, 5.74) is 0. The van der Waals surface area contributed by atoms with E-state index in [1.807, 2.05) is 12.1 Å². The van der Waals surface area contributed by atoms with Crippen LogP contribution in [0.2, 0.25) is 4.34 Å². The summed E-state index contributed by atoms with van der Waals surface area (Å²) in [7, 11) is 0. The van der Waals surface area contributed by atoms with E-state index in [1.165, 1.54) is 16.4 Å². The largest absolute Gasteiger partial charge is 0.354 e. The third-order valence-electron chi connectivity index (χ3n) is 1.34. The number of hydrogen-bond acceptors (Lipinski definition) is 6. The Morgan fingerprint density at radius 3 is 3.00 bits per heavy atom. The molecule has 0 aliphatic carbocycles. The molecule has 0 aliphatic heterocycles. The second kappa shape index (κ2) is 3.99. The molecule has 0 saturated heterocycles. The van der Waals surface area contributed by atoms with Crippen LogP contribution in [0, 0.1) is 0 Å². The first kappa shape index (κ1) is 8.86. The highest BCUT2D eigenvalue weighted by Gasteiger charge is 1.99. The molecule has 0 aliphatic rings. The number of nitrogens with one attached hydrogen (secondary N) is 1. The van der Waals surface area contributed by atoms with Crippen LogP contribution in [0.5, 0.6) is 0 Å². The van der Waals surface area contributed by atoms with Gasteiger partial charge in [0.15, 0.2) is 0 Å². The van der Waals surface area contributed by atoms with E-state index < -0.39 is 0 Å². The predicted octanol–water partition coefficient (Wildman–Crippen LogP) is 2.26. The van der Waals surface area contributed by atoms with Crippen molar-refractivity contribution in [3.63, 3.8) is 0 Å². The van der Waals surface area contributed by atoms with E-state index in [9.17, 15) is 0 Å². The van der Waals surface area contributed by atoms with E-state index in [4.69, 9.17) is 11.6 Å². The summed E-state index contributed by atoms with van der Waals surface area (Å²) >= 11 is 8.56. The molecule has 7 heteroatoms. The van der Waals surface area contributed by atoms with Gasteiger partial charge in [-0.05, 0) is 17.3 Å². The summed E-state index contributed by atoms with van der Waals surface area (Å²) < 4.78 is 4.43. The Morgan fingerprint density at radius 1 is 1.46 bits per heavy atom. The van der Waals surface area contributed by atoms with Crippen LogP contribution in [0.15, 0.2) is 12.1 Å². The van der Waals surface area contributed by atoms with Gasteiger partial charge in [0.25, 0.3) is 0 Å². The summed E-state index contributed by atoms with van der Waals surface area (Å²) in [6, 6.07) is 3.86. The van der Waals surface area contributed by atoms with Crippen LogP contribution < -0.4 is 5.32 Å². The summed E-state index contributed by atoms with van der Waals surface area (Å²) in [6.45, 7) is 0.717. The van der Waals surface area contributed by atoms with Crippen LogP contribution in [0.3, 0.4) is 0 Å². The number of hydrogen-bond donors (Lipinski definition) is 1. The summed E-state index contributed by atoms with van der Waals surface area (Å²) in [5, 5.41) is 11.0. The molecule has 0 saturated carbocycles. The molecule has 1 N–H and O–H groups in total. The average Bonchev–Trinajstić information content (AvgIpc) is 2.71. The summed E-state index contributed by atoms with van der Waals surface area (Å²) in [5.74, 6) is 0. The van der Waals surface area contributed by atoms with E-state index in [1.54, 1.807) is 11.3 Å². The second-order valence-electron chi connectivity index (χ2n) is 2.23. The molecule has 0 amide bonds. The molecule has 0 spiro atoms. The number of rotatable bonds is 3. The van der Waals surface area contributed by atoms with Crippen molar-refractivity contribution in [1.29, 1.82) is 0 Å². The quantitative estimate of drug-likeness (QED) is 0.882. The van der Waals surface area contributed by atoms with Crippen molar-refractivity contribution < 1.29 is 0 Å². The first-order valence-electron chi connectivity index (χ1n) is 3.48. The van der Waals surface area contributed by atoms with Crippen molar-refractivity contribution in [3.05, 3.63) is 21.3 Å².